The highest BCUT2D eigenvalue weighted by atomic mass is 16.5. The van der Waals surface area contributed by atoms with Gasteiger partial charge in [0.15, 0.2) is 5.76 Å². The topological polar surface area (TPSA) is 30.5 Å². The predicted octanol–water partition coefficient (Wildman–Crippen LogP) is 2.18. The normalized spacial score (nSPS) is 14.0. The molecule has 15 heavy (non-hydrogen) atoms. The summed E-state index contributed by atoms with van der Waals surface area (Å²) in [5.41, 5.74) is 2.13. The van der Waals surface area contributed by atoms with Crippen molar-refractivity contribution < 1.29 is 9.47 Å². The largest absolute Gasteiger partial charge is 0.491 e. The Morgan fingerprint density at radius 3 is 2.60 bits per heavy atom. The molecule has 0 saturated heterocycles. The molecule has 0 saturated carbocycles. The van der Waals surface area contributed by atoms with Crippen LogP contribution in [0.3, 0.4) is 0 Å². The second-order valence-corrected chi connectivity index (χ2v) is 3.13. The van der Waals surface area contributed by atoms with E-state index >= 15 is 0 Å². The molecule has 1 aromatic carbocycles. The molecule has 0 fully saturated rings. The van der Waals surface area contributed by atoms with Crippen molar-refractivity contribution in [1.82, 2.24) is 5.32 Å². The summed E-state index contributed by atoms with van der Waals surface area (Å²) >= 11 is 0. The van der Waals surface area contributed by atoms with E-state index < -0.39 is 0 Å². The zero-order chi connectivity index (χ0) is 10.7. The molecule has 3 heteroatoms. The van der Waals surface area contributed by atoms with Crippen molar-refractivity contribution in [3.63, 3.8) is 0 Å². The van der Waals surface area contributed by atoms with Crippen LogP contribution in [0.25, 0.3) is 11.8 Å². The summed E-state index contributed by atoms with van der Waals surface area (Å²) in [5, 5.41) is 3.03. The highest BCUT2D eigenvalue weighted by Gasteiger charge is 2.14. The molecule has 1 aliphatic heterocycles. The minimum absolute atomic E-state index is 0.624. The van der Waals surface area contributed by atoms with Crippen molar-refractivity contribution in [2.24, 2.45) is 0 Å². The summed E-state index contributed by atoms with van der Waals surface area (Å²) in [6, 6.07) is 8.01. The van der Waals surface area contributed by atoms with E-state index in [9.17, 15) is 0 Å². The molecule has 0 radical (unpaired) electrons. The van der Waals surface area contributed by atoms with Crippen LogP contribution in [-0.4, -0.2) is 14.2 Å². The second kappa shape index (κ2) is 4.09. The van der Waals surface area contributed by atoms with E-state index in [0.29, 0.717) is 5.88 Å². The van der Waals surface area contributed by atoms with Crippen LogP contribution in [0.4, 0.5) is 0 Å². The highest BCUT2D eigenvalue weighted by molar-refractivity contribution is 5.73. The van der Waals surface area contributed by atoms with Crippen LogP contribution in [0.2, 0.25) is 0 Å². The van der Waals surface area contributed by atoms with E-state index in [0.717, 1.165) is 16.9 Å². The Hall–Kier alpha value is -1.90. The summed E-state index contributed by atoms with van der Waals surface area (Å²) in [6.45, 7) is 0. The van der Waals surface area contributed by atoms with Crippen molar-refractivity contribution in [3.05, 3.63) is 47.5 Å². The highest BCUT2D eigenvalue weighted by Crippen LogP contribution is 2.25. The molecule has 1 heterocycles. The summed E-state index contributed by atoms with van der Waals surface area (Å²) < 4.78 is 10.6. The lowest BCUT2D eigenvalue weighted by molar-refractivity contribution is 0.249. The standard InChI is InChI=1S/C12H13NO2/c1-14-11-10-6-4-3-5-9(10)7-8-13-12(11)15-2/h3-8,13H,1-2H3. The maximum Gasteiger partial charge on any atom is 0.234 e. The molecule has 0 atom stereocenters. The Bertz CT molecular complexity index is 421. The quantitative estimate of drug-likeness (QED) is 0.799. The average Bonchev–Trinajstić information content (AvgIpc) is 2.47. The van der Waals surface area contributed by atoms with Gasteiger partial charge in [-0.05, 0) is 11.6 Å². The number of hydrogen-bond donors (Lipinski definition) is 1. The van der Waals surface area contributed by atoms with Crippen molar-refractivity contribution >= 4 is 11.8 Å². The maximum absolute atomic E-state index is 5.35. The Kier molecular flexibility index (Phi) is 2.63. The second-order valence-electron chi connectivity index (χ2n) is 3.13. The molecule has 0 amide bonds. The molecule has 0 aromatic heterocycles. The SMILES string of the molecule is COC1=C(OC)c2ccccc2C=CN1. The van der Waals surface area contributed by atoms with Gasteiger partial charge in [-0.2, -0.15) is 0 Å². The fourth-order valence-corrected chi connectivity index (χ4v) is 1.60. The van der Waals surface area contributed by atoms with Gasteiger partial charge < -0.3 is 14.8 Å². The first-order valence-electron chi connectivity index (χ1n) is 4.71. The molecular formula is C12H13NO2. The summed E-state index contributed by atoms with van der Waals surface area (Å²) in [7, 11) is 3.25. The molecular weight excluding hydrogens is 190 g/mol. The molecule has 0 unspecified atom stereocenters. The van der Waals surface area contributed by atoms with Gasteiger partial charge in [0.1, 0.15) is 0 Å². The number of hydrogen-bond acceptors (Lipinski definition) is 3. The van der Waals surface area contributed by atoms with Crippen molar-refractivity contribution in [1.29, 1.82) is 0 Å². The minimum Gasteiger partial charge on any atom is -0.491 e. The smallest absolute Gasteiger partial charge is 0.234 e. The van der Waals surface area contributed by atoms with Crippen LogP contribution < -0.4 is 5.32 Å². The molecule has 0 spiro atoms. The number of benzene rings is 1. The molecule has 1 aromatic rings. The van der Waals surface area contributed by atoms with Gasteiger partial charge in [0.25, 0.3) is 0 Å². The van der Waals surface area contributed by atoms with Crippen LogP contribution in [0.5, 0.6) is 0 Å². The first kappa shape index (κ1) is 9.65. The lowest BCUT2D eigenvalue weighted by Gasteiger charge is -2.12. The minimum atomic E-state index is 0.624. The fraction of sp³-hybridized carbons (Fsp3) is 0.167. The molecule has 78 valence electrons. The van der Waals surface area contributed by atoms with E-state index in [1.165, 1.54) is 0 Å². The Morgan fingerprint density at radius 2 is 1.87 bits per heavy atom. The number of fused-ring (bicyclic) bond motifs is 1. The van der Waals surface area contributed by atoms with Crippen molar-refractivity contribution in [2.45, 2.75) is 0 Å². The van der Waals surface area contributed by atoms with Gasteiger partial charge >= 0.3 is 0 Å². The first-order chi connectivity index (χ1) is 7.36. The van der Waals surface area contributed by atoms with Gasteiger partial charge in [-0.25, -0.2) is 0 Å². The average molecular weight is 203 g/mol. The van der Waals surface area contributed by atoms with Crippen LogP contribution >= 0.6 is 0 Å². The zero-order valence-electron chi connectivity index (χ0n) is 8.78. The maximum atomic E-state index is 5.35. The van der Waals surface area contributed by atoms with E-state index in [2.05, 4.69) is 5.32 Å². The van der Waals surface area contributed by atoms with Crippen molar-refractivity contribution in [2.75, 3.05) is 14.2 Å². The number of nitrogens with one attached hydrogen (secondary N) is 1. The van der Waals surface area contributed by atoms with Crippen LogP contribution in [-0.2, 0) is 9.47 Å². The van der Waals surface area contributed by atoms with Crippen LogP contribution in [0.1, 0.15) is 11.1 Å². The lowest BCUT2D eigenvalue weighted by Crippen LogP contribution is -2.09. The lowest BCUT2D eigenvalue weighted by atomic mass is 10.1. The van der Waals surface area contributed by atoms with Gasteiger partial charge in [-0.3, -0.25) is 0 Å². The van der Waals surface area contributed by atoms with Gasteiger partial charge in [0, 0.05) is 11.8 Å². The predicted molar refractivity (Wildman–Crippen MR) is 59.5 cm³/mol. The van der Waals surface area contributed by atoms with Crippen LogP contribution in [0.15, 0.2) is 36.3 Å². The van der Waals surface area contributed by atoms with E-state index in [1.54, 1.807) is 14.2 Å². The first-order valence-corrected chi connectivity index (χ1v) is 4.71. The Balaban J connectivity index is 2.60. The molecule has 0 bridgehead atoms. The number of rotatable bonds is 2. The summed E-state index contributed by atoms with van der Waals surface area (Å²) in [5.74, 6) is 1.34. The van der Waals surface area contributed by atoms with Gasteiger partial charge in [-0.15, -0.1) is 0 Å². The van der Waals surface area contributed by atoms with E-state index in [1.807, 2.05) is 36.5 Å². The summed E-state index contributed by atoms with van der Waals surface area (Å²) in [4.78, 5) is 0. The van der Waals surface area contributed by atoms with Gasteiger partial charge in [0.05, 0.1) is 14.2 Å². The van der Waals surface area contributed by atoms with E-state index in [4.69, 9.17) is 9.47 Å². The molecule has 1 N–H and O–H groups in total. The summed E-state index contributed by atoms with van der Waals surface area (Å²) in [6.07, 6.45) is 3.82. The Labute approximate surface area is 89.0 Å². The van der Waals surface area contributed by atoms with Crippen LogP contribution in [0, 0.1) is 0 Å². The third-order valence-corrected chi connectivity index (χ3v) is 2.30. The third-order valence-electron chi connectivity index (χ3n) is 2.30. The van der Waals surface area contributed by atoms with E-state index in [-0.39, 0.29) is 0 Å². The number of methoxy groups -OCH3 is 2. The fourth-order valence-electron chi connectivity index (χ4n) is 1.60. The molecule has 1 aliphatic rings. The molecule has 0 aliphatic carbocycles. The van der Waals surface area contributed by atoms with Gasteiger partial charge in [0.2, 0.25) is 5.88 Å². The number of ether oxygens (including phenoxy) is 2. The Morgan fingerprint density at radius 1 is 1.07 bits per heavy atom. The van der Waals surface area contributed by atoms with Gasteiger partial charge in [-0.1, -0.05) is 24.3 Å². The molecule has 2 rings (SSSR count). The monoisotopic (exact) mass is 203 g/mol. The third kappa shape index (κ3) is 1.68. The van der Waals surface area contributed by atoms with Crippen molar-refractivity contribution in [3.8, 4) is 0 Å². The molecule has 3 nitrogen and oxygen atoms in total. The zero-order valence-corrected chi connectivity index (χ0v) is 8.78.